The number of thiophene rings is 1. The van der Waals surface area contributed by atoms with Gasteiger partial charge in [-0.15, -0.1) is 0 Å². The highest BCUT2D eigenvalue weighted by molar-refractivity contribution is 7.08. The van der Waals surface area contributed by atoms with Crippen molar-refractivity contribution in [3.8, 4) is 16.9 Å². The van der Waals surface area contributed by atoms with E-state index >= 15 is 0 Å². The molecule has 0 radical (unpaired) electrons. The molecule has 0 aliphatic rings. The molecule has 3 aromatic heterocycles. The van der Waals surface area contributed by atoms with Gasteiger partial charge < -0.3 is 0 Å². The lowest BCUT2D eigenvalue weighted by atomic mass is 10.2. The van der Waals surface area contributed by atoms with E-state index < -0.39 is 11.7 Å². The van der Waals surface area contributed by atoms with Crippen LogP contribution in [-0.4, -0.2) is 14.5 Å². The highest BCUT2D eigenvalue weighted by Crippen LogP contribution is 2.31. The zero-order chi connectivity index (χ0) is 16.7. The quantitative estimate of drug-likeness (QED) is 0.502. The van der Waals surface area contributed by atoms with Gasteiger partial charge in [-0.25, -0.2) is 4.98 Å². The summed E-state index contributed by atoms with van der Waals surface area (Å²) in [6.45, 7) is 0. The summed E-state index contributed by atoms with van der Waals surface area (Å²) in [4.78, 5) is 8.60. The van der Waals surface area contributed by atoms with Crippen LogP contribution in [0, 0.1) is 0 Å². The SMILES string of the molecule is FC(F)(F)c1cccc(-n2cnc3cnc(-c4ccsc4)cc32)c1. The van der Waals surface area contributed by atoms with Crippen molar-refractivity contribution in [1.82, 2.24) is 14.5 Å². The molecule has 3 nitrogen and oxygen atoms in total. The normalized spacial score (nSPS) is 12.0. The number of halogens is 3. The van der Waals surface area contributed by atoms with Gasteiger partial charge in [-0.2, -0.15) is 24.5 Å². The fourth-order valence-corrected chi connectivity index (χ4v) is 3.17. The van der Waals surface area contributed by atoms with E-state index in [4.69, 9.17) is 0 Å². The first-order valence-electron chi connectivity index (χ1n) is 7.06. The molecule has 0 amide bonds. The van der Waals surface area contributed by atoms with Gasteiger partial charge in [0.05, 0.1) is 23.0 Å². The van der Waals surface area contributed by atoms with Crippen LogP contribution in [0.5, 0.6) is 0 Å². The molecule has 0 aliphatic carbocycles. The summed E-state index contributed by atoms with van der Waals surface area (Å²) in [6, 6.07) is 8.98. The fourth-order valence-electron chi connectivity index (χ4n) is 2.52. The number of nitrogens with zero attached hydrogens (tertiary/aromatic N) is 3. The van der Waals surface area contributed by atoms with Crippen LogP contribution in [-0.2, 0) is 6.18 Å². The molecule has 0 atom stereocenters. The molecule has 4 aromatic rings. The number of hydrogen-bond acceptors (Lipinski definition) is 3. The Balaban J connectivity index is 1.87. The molecule has 0 unspecified atom stereocenters. The van der Waals surface area contributed by atoms with Crippen molar-refractivity contribution in [2.75, 3.05) is 0 Å². The minimum atomic E-state index is -4.38. The van der Waals surface area contributed by atoms with Crippen LogP contribution in [0.15, 0.2) is 59.7 Å². The summed E-state index contributed by atoms with van der Waals surface area (Å²) in [5.74, 6) is 0. The predicted molar refractivity (Wildman–Crippen MR) is 87.2 cm³/mol. The van der Waals surface area contributed by atoms with Crippen molar-refractivity contribution in [1.29, 1.82) is 0 Å². The fraction of sp³-hybridized carbons (Fsp3) is 0.0588. The first kappa shape index (κ1) is 14.9. The number of rotatable bonds is 2. The molecule has 0 bridgehead atoms. The number of pyridine rings is 1. The molecule has 0 aliphatic heterocycles. The second kappa shape index (κ2) is 5.45. The van der Waals surface area contributed by atoms with Crippen LogP contribution < -0.4 is 0 Å². The van der Waals surface area contributed by atoms with Gasteiger partial charge in [-0.3, -0.25) is 9.55 Å². The van der Waals surface area contributed by atoms with Crippen LogP contribution in [0.1, 0.15) is 5.56 Å². The van der Waals surface area contributed by atoms with Crippen LogP contribution >= 0.6 is 11.3 Å². The smallest absolute Gasteiger partial charge is 0.299 e. The van der Waals surface area contributed by atoms with Crippen LogP contribution in [0.3, 0.4) is 0 Å². The van der Waals surface area contributed by atoms with Crippen LogP contribution in [0.4, 0.5) is 13.2 Å². The summed E-state index contributed by atoms with van der Waals surface area (Å²) in [5, 5.41) is 3.92. The average Bonchev–Trinajstić information content (AvgIpc) is 3.23. The van der Waals surface area contributed by atoms with Gasteiger partial charge in [0, 0.05) is 16.6 Å². The van der Waals surface area contributed by atoms with Crippen molar-refractivity contribution >= 4 is 22.4 Å². The highest BCUT2D eigenvalue weighted by Gasteiger charge is 2.30. The predicted octanol–water partition coefficient (Wildman–Crippen LogP) is 5.17. The van der Waals surface area contributed by atoms with E-state index in [1.165, 1.54) is 12.4 Å². The third-order valence-electron chi connectivity index (χ3n) is 3.70. The zero-order valence-electron chi connectivity index (χ0n) is 12.2. The maximum Gasteiger partial charge on any atom is 0.416 e. The van der Waals surface area contributed by atoms with E-state index in [0.29, 0.717) is 16.7 Å². The monoisotopic (exact) mass is 345 g/mol. The van der Waals surface area contributed by atoms with Crippen molar-refractivity contribution in [3.63, 3.8) is 0 Å². The third-order valence-corrected chi connectivity index (χ3v) is 4.39. The molecule has 0 saturated carbocycles. The molecule has 1 aromatic carbocycles. The Hall–Kier alpha value is -2.67. The summed E-state index contributed by atoms with van der Waals surface area (Å²) in [5.41, 5.74) is 2.80. The van der Waals surface area contributed by atoms with E-state index in [2.05, 4.69) is 9.97 Å². The van der Waals surface area contributed by atoms with E-state index in [1.54, 1.807) is 28.2 Å². The minimum absolute atomic E-state index is 0.412. The summed E-state index contributed by atoms with van der Waals surface area (Å²) in [6.07, 6.45) is -1.23. The summed E-state index contributed by atoms with van der Waals surface area (Å²) < 4.78 is 40.5. The second-order valence-corrected chi connectivity index (χ2v) is 6.01. The first-order valence-corrected chi connectivity index (χ1v) is 8.00. The second-order valence-electron chi connectivity index (χ2n) is 5.23. The molecule has 120 valence electrons. The number of hydrogen-bond donors (Lipinski definition) is 0. The lowest BCUT2D eigenvalue weighted by Crippen LogP contribution is -2.05. The van der Waals surface area contributed by atoms with Crippen molar-refractivity contribution in [2.24, 2.45) is 0 Å². The first-order chi connectivity index (χ1) is 11.5. The number of fused-ring (bicyclic) bond motifs is 1. The molecule has 0 N–H and O–H groups in total. The van der Waals surface area contributed by atoms with Crippen LogP contribution in [0.25, 0.3) is 28.0 Å². The van der Waals surface area contributed by atoms with E-state index in [0.717, 1.165) is 23.4 Å². The third kappa shape index (κ3) is 2.56. The largest absolute Gasteiger partial charge is 0.416 e. The molecular formula is C17H10F3N3S. The Kier molecular flexibility index (Phi) is 3.38. The van der Waals surface area contributed by atoms with Gasteiger partial charge in [0.2, 0.25) is 0 Å². The Labute approximate surface area is 139 Å². The molecule has 0 spiro atoms. The number of aromatic nitrogens is 3. The molecular weight excluding hydrogens is 335 g/mol. The minimum Gasteiger partial charge on any atom is -0.299 e. The maximum atomic E-state index is 12.9. The van der Waals surface area contributed by atoms with E-state index in [9.17, 15) is 13.2 Å². The van der Waals surface area contributed by atoms with Crippen molar-refractivity contribution in [2.45, 2.75) is 6.18 Å². The Morgan fingerprint density at radius 3 is 2.67 bits per heavy atom. The lowest BCUT2D eigenvalue weighted by Gasteiger charge is -2.10. The molecule has 24 heavy (non-hydrogen) atoms. The topological polar surface area (TPSA) is 30.7 Å². The number of alkyl halides is 3. The summed E-state index contributed by atoms with van der Waals surface area (Å²) >= 11 is 1.56. The molecule has 7 heteroatoms. The van der Waals surface area contributed by atoms with E-state index in [-0.39, 0.29) is 0 Å². The molecule has 3 heterocycles. The maximum absolute atomic E-state index is 12.9. The van der Waals surface area contributed by atoms with Crippen molar-refractivity contribution in [3.05, 3.63) is 65.2 Å². The Morgan fingerprint density at radius 1 is 1.04 bits per heavy atom. The van der Waals surface area contributed by atoms with E-state index in [1.807, 2.05) is 22.9 Å². The molecule has 0 fully saturated rings. The number of benzene rings is 1. The Bertz CT molecular complexity index is 1000. The summed E-state index contributed by atoms with van der Waals surface area (Å²) in [7, 11) is 0. The van der Waals surface area contributed by atoms with Gasteiger partial charge in [-0.05, 0) is 35.7 Å². The Morgan fingerprint density at radius 2 is 1.92 bits per heavy atom. The zero-order valence-corrected chi connectivity index (χ0v) is 13.0. The molecule has 0 saturated heterocycles. The number of imidazole rings is 1. The van der Waals surface area contributed by atoms with Crippen molar-refractivity contribution < 1.29 is 13.2 Å². The highest BCUT2D eigenvalue weighted by atomic mass is 32.1. The lowest BCUT2D eigenvalue weighted by molar-refractivity contribution is -0.137. The van der Waals surface area contributed by atoms with Gasteiger partial charge in [0.15, 0.2) is 0 Å². The standard InChI is InChI=1S/C17H10F3N3S/c18-17(19,20)12-2-1-3-13(6-12)23-10-22-15-8-21-14(7-16(15)23)11-4-5-24-9-11/h1-10H. The molecule has 4 rings (SSSR count). The van der Waals surface area contributed by atoms with Gasteiger partial charge >= 0.3 is 6.18 Å². The van der Waals surface area contributed by atoms with Gasteiger partial charge in [-0.1, -0.05) is 6.07 Å². The van der Waals surface area contributed by atoms with Gasteiger partial charge in [0.1, 0.15) is 11.8 Å². The van der Waals surface area contributed by atoms with Gasteiger partial charge in [0.25, 0.3) is 0 Å². The van der Waals surface area contributed by atoms with Crippen LogP contribution in [0.2, 0.25) is 0 Å². The average molecular weight is 345 g/mol.